The molecule has 0 radical (unpaired) electrons. The van der Waals surface area contributed by atoms with E-state index in [9.17, 15) is 0 Å². The maximum Gasteiger partial charge on any atom is 0.136 e. The summed E-state index contributed by atoms with van der Waals surface area (Å²) in [5.41, 5.74) is 18.1. The van der Waals surface area contributed by atoms with Gasteiger partial charge in [-0.25, -0.2) is 0 Å². The smallest absolute Gasteiger partial charge is 0.136 e. The molecule has 62 heavy (non-hydrogen) atoms. The summed E-state index contributed by atoms with van der Waals surface area (Å²) in [6.07, 6.45) is 4.26. The van der Waals surface area contributed by atoms with Crippen molar-refractivity contribution in [3.63, 3.8) is 0 Å². The Hall–Kier alpha value is -7.56. The topological polar surface area (TPSA) is 32.8 Å². The largest absolute Gasteiger partial charge is 0.456 e. The highest BCUT2D eigenvalue weighted by Crippen LogP contribution is 2.43. The molecule has 0 atom stereocenters. The van der Waals surface area contributed by atoms with Gasteiger partial charge in [0.25, 0.3) is 0 Å². The Morgan fingerprint density at radius 2 is 0.726 bits per heavy atom. The van der Waals surface area contributed by atoms with Crippen molar-refractivity contribution in [3.05, 3.63) is 203 Å². The summed E-state index contributed by atoms with van der Waals surface area (Å²) < 4.78 is 13.3. The predicted molar refractivity (Wildman–Crippen MR) is 261 cm³/mol. The van der Waals surface area contributed by atoms with Crippen LogP contribution in [-0.2, 0) is 6.42 Å². The summed E-state index contributed by atoms with van der Waals surface area (Å²) in [6, 6.07) is 59.9. The Bertz CT molecular complexity index is 3500. The van der Waals surface area contributed by atoms with Crippen LogP contribution in [0.3, 0.4) is 0 Å². The molecular weight excluding hydrogens is 757 g/mol. The van der Waals surface area contributed by atoms with E-state index in [1.807, 2.05) is 0 Å². The van der Waals surface area contributed by atoms with Crippen LogP contribution in [0.4, 0.5) is 28.4 Å². The first-order valence-corrected chi connectivity index (χ1v) is 21.6. The van der Waals surface area contributed by atoms with Gasteiger partial charge in [0.05, 0.1) is 0 Å². The van der Waals surface area contributed by atoms with Crippen molar-refractivity contribution in [1.82, 2.24) is 0 Å². The van der Waals surface area contributed by atoms with Crippen LogP contribution in [0.25, 0.3) is 71.5 Å². The highest BCUT2D eigenvalue weighted by Gasteiger charge is 2.22. The average molecular weight is 801 g/mol. The number of rotatable bonds is 6. The number of hydrogen-bond acceptors (Lipinski definition) is 4. The van der Waals surface area contributed by atoms with E-state index in [1.54, 1.807) is 0 Å². The number of benzene rings is 9. The maximum absolute atomic E-state index is 6.67. The Kier molecular flexibility index (Phi) is 8.20. The fourth-order valence-corrected chi connectivity index (χ4v) is 9.51. The van der Waals surface area contributed by atoms with Crippen molar-refractivity contribution in [3.8, 4) is 0 Å². The summed E-state index contributed by atoms with van der Waals surface area (Å²) in [4.78, 5) is 4.73. The Morgan fingerprint density at radius 3 is 1.23 bits per heavy atom. The minimum absolute atomic E-state index is 0.874. The lowest BCUT2D eigenvalue weighted by molar-refractivity contribution is 0.668. The predicted octanol–water partition coefficient (Wildman–Crippen LogP) is 16.6. The van der Waals surface area contributed by atoms with E-state index in [4.69, 9.17) is 8.83 Å². The van der Waals surface area contributed by atoms with Crippen LogP contribution in [0.15, 0.2) is 178 Å². The highest BCUT2D eigenvalue weighted by molar-refractivity contribution is 6.17. The maximum atomic E-state index is 6.67. The third kappa shape index (κ3) is 6.13. The molecule has 12 rings (SSSR count). The molecule has 298 valence electrons. The number of allylic oxidation sites excluding steroid dienone is 1. The lowest BCUT2D eigenvalue weighted by Crippen LogP contribution is -2.19. The van der Waals surface area contributed by atoms with E-state index >= 15 is 0 Å². The van der Waals surface area contributed by atoms with E-state index in [-0.39, 0.29) is 0 Å². The monoisotopic (exact) mass is 800 g/mol. The quantitative estimate of drug-likeness (QED) is 0.168. The minimum atomic E-state index is 0.874. The number of hydrogen-bond donors (Lipinski definition) is 0. The van der Waals surface area contributed by atoms with E-state index in [1.165, 1.54) is 61.2 Å². The van der Waals surface area contributed by atoms with Crippen LogP contribution in [0.2, 0.25) is 0 Å². The van der Waals surface area contributed by atoms with Gasteiger partial charge in [-0.3, -0.25) is 0 Å². The zero-order valence-corrected chi connectivity index (χ0v) is 35.3. The first kappa shape index (κ1) is 36.3. The molecule has 0 amide bonds. The minimum Gasteiger partial charge on any atom is -0.456 e. The zero-order valence-electron chi connectivity index (χ0n) is 35.3. The molecule has 4 nitrogen and oxygen atoms in total. The molecule has 0 aliphatic heterocycles. The summed E-state index contributed by atoms with van der Waals surface area (Å²) >= 11 is 0. The van der Waals surface area contributed by atoms with E-state index < -0.39 is 0 Å². The molecule has 4 heteroatoms. The molecule has 1 aliphatic rings. The first-order valence-electron chi connectivity index (χ1n) is 21.6. The number of anilines is 5. The molecule has 9 aromatic carbocycles. The lowest BCUT2D eigenvalue weighted by Gasteiger charge is -2.30. The molecule has 2 heterocycles. The Morgan fingerprint density at radius 1 is 0.339 bits per heavy atom. The van der Waals surface area contributed by atoms with Crippen molar-refractivity contribution >= 4 is 99.9 Å². The molecule has 0 unspecified atom stereocenters. The fourth-order valence-electron chi connectivity index (χ4n) is 9.51. The summed E-state index contributed by atoms with van der Waals surface area (Å²) in [5, 5.41) is 9.12. The van der Waals surface area contributed by atoms with Gasteiger partial charge in [0, 0.05) is 55.7 Å². The van der Waals surface area contributed by atoms with Gasteiger partial charge in [0.15, 0.2) is 0 Å². The molecule has 2 aromatic heterocycles. The van der Waals surface area contributed by atoms with Gasteiger partial charge in [-0.2, -0.15) is 0 Å². The van der Waals surface area contributed by atoms with Gasteiger partial charge in [0.1, 0.15) is 22.3 Å². The SMILES string of the molecule is Cc1ccc(N(C2=Cc3cc4oc5cc6cc7oc8cc9cc(N(c%10ccc(C)cc%10)c%10ccc(C)cc%10)ccc9cc8c7cc6cc5c4cc3CC2)c2ccc(C)cc2)cc1. The summed E-state index contributed by atoms with van der Waals surface area (Å²) in [5.74, 6) is 0. The van der Waals surface area contributed by atoms with Crippen molar-refractivity contribution in [1.29, 1.82) is 0 Å². The van der Waals surface area contributed by atoms with Crippen LogP contribution in [0.1, 0.15) is 39.8 Å². The van der Waals surface area contributed by atoms with Crippen LogP contribution in [0.5, 0.6) is 0 Å². The second-order valence-electron chi connectivity index (χ2n) is 17.3. The number of furan rings is 2. The van der Waals surface area contributed by atoms with E-state index in [0.717, 1.165) is 84.6 Å². The average Bonchev–Trinajstić information content (AvgIpc) is 3.81. The van der Waals surface area contributed by atoms with Gasteiger partial charge >= 0.3 is 0 Å². The van der Waals surface area contributed by atoms with Gasteiger partial charge in [-0.05, 0) is 188 Å². The van der Waals surface area contributed by atoms with Crippen molar-refractivity contribution in [2.45, 2.75) is 40.5 Å². The molecular formula is C58H44N2O2. The number of fused-ring (bicyclic) bond motifs is 9. The van der Waals surface area contributed by atoms with Gasteiger partial charge in [-0.15, -0.1) is 0 Å². The third-order valence-corrected chi connectivity index (χ3v) is 12.9. The molecule has 0 saturated carbocycles. The standard InChI is InChI=1S/C58H44N2O2/c1-35-5-15-45(16-6-35)59(46-17-7-36(2)8-18-46)49-23-13-39-27-51-53-29-43-30-54-52-28-40-14-24-50(60(47-19-9-37(3)10-20-47)48-21-11-38(4)12-22-48)26-42(40)32-56(52)62-58(54)34-44(43)33-57(53)61-55(51)31-41(39)25-49/h5-13,15-23,25-34H,14,24H2,1-4H3. The molecule has 0 saturated heterocycles. The summed E-state index contributed by atoms with van der Waals surface area (Å²) in [7, 11) is 0. The van der Waals surface area contributed by atoms with Crippen LogP contribution in [-0.4, -0.2) is 0 Å². The van der Waals surface area contributed by atoms with E-state index in [0.29, 0.717) is 0 Å². The number of aryl methyl sites for hydroxylation is 5. The number of nitrogens with zero attached hydrogens (tertiary/aromatic N) is 2. The zero-order chi connectivity index (χ0) is 41.6. The normalized spacial score (nSPS) is 12.8. The van der Waals surface area contributed by atoms with Gasteiger partial charge < -0.3 is 18.6 Å². The lowest BCUT2D eigenvalue weighted by atomic mass is 9.92. The Labute approximate surface area is 360 Å². The molecule has 0 fully saturated rings. The van der Waals surface area contributed by atoms with Crippen molar-refractivity contribution < 1.29 is 8.83 Å². The highest BCUT2D eigenvalue weighted by atomic mass is 16.3. The fraction of sp³-hybridized carbons (Fsp3) is 0.103. The molecule has 0 bridgehead atoms. The molecule has 11 aromatic rings. The third-order valence-electron chi connectivity index (χ3n) is 12.9. The molecule has 0 spiro atoms. The van der Waals surface area contributed by atoms with Crippen molar-refractivity contribution in [2.75, 3.05) is 9.80 Å². The van der Waals surface area contributed by atoms with Crippen LogP contribution in [0, 0.1) is 27.7 Å². The second-order valence-corrected chi connectivity index (χ2v) is 17.3. The van der Waals surface area contributed by atoms with Crippen LogP contribution >= 0.6 is 0 Å². The van der Waals surface area contributed by atoms with Gasteiger partial charge in [-0.1, -0.05) is 76.9 Å². The van der Waals surface area contributed by atoms with Crippen LogP contribution < -0.4 is 9.80 Å². The second kappa shape index (κ2) is 14.0. The van der Waals surface area contributed by atoms with E-state index in [2.05, 4.69) is 207 Å². The Balaban J connectivity index is 0.927. The molecule has 1 aliphatic carbocycles. The van der Waals surface area contributed by atoms with Crippen molar-refractivity contribution in [2.24, 2.45) is 0 Å². The summed E-state index contributed by atoms with van der Waals surface area (Å²) in [6.45, 7) is 8.54. The van der Waals surface area contributed by atoms with Gasteiger partial charge in [0.2, 0.25) is 0 Å². The first-order chi connectivity index (χ1) is 30.3. The molecule has 0 N–H and O–H groups in total.